The Morgan fingerprint density at radius 3 is 2.56 bits per heavy atom. The molecule has 1 amide bonds. The maximum Gasteiger partial charge on any atom is 0.248 e. The number of halogens is 1. The van der Waals surface area contributed by atoms with Crippen LogP contribution in [0.25, 0.3) is 0 Å². The maximum absolute atomic E-state index is 13.6. The van der Waals surface area contributed by atoms with E-state index in [2.05, 4.69) is 18.7 Å². The number of hydrogen-bond acceptors (Lipinski definition) is 2. The second-order valence-corrected chi connectivity index (χ2v) is 4.30. The van der Waals surface area contributed by atoms with Gasteiger partial charge in [0.05, 0.1) is 0 Å². The Balaban J connectivity index is 2.61. The topological polar surface area (TPSA) is 46.3 Å². The van der Waals surface area contributed by atoms with Crippen molar-refractivity contribution in [1.29, 1.82) is 0 Å². The zero-order chi connectivity index (χ0) is 13.5. The van der Waals surface area contributed by atoms with Crippen molar-refractivity contribution in [3.05, 3.63) is 35.1 Å². The molecule has 1 rings (SSSR count). The fourth-order valence-corrected chi connectivity index (χ4v) is 1.95. The van der Waals surface area contributed by atoms with Crippen LogP contribution in [-0.4, -0.2) is 30.4 Å². The Kier molecular flexibility index (Phi) is 5.78. The van der Waals surface area contributed by atoms with Crippen molar-refractivity contribution in [2.45, 2.75) is 26.7 Å². The fraction of sp³-hybridized carbons (Fsp3) is 0.500. The number of primary amides is 1. The molecule has 1 aromatic rings. The molecule has 3 nitrogen and oxygen atoms in total. The molecule has 0 heterocycles. The number of hydrogen-bond donors (Lipinski definition) is 1. The first-order valence-electron chi connectivity index (χ1n) is 6.39. The summed E-state index contributed by atoms with van der Waals surface area (Å²) in [4.78, 5) is 13.3. The van der Waals surface area contributed by atoms with Gasteiger partial charge in [-0.05, 0) is 56.2 Å². The van der Waals surface area contributed by atoms with Gasteiger partial charge in [-0.1, -0.05) is 13.8 Å². The van der Waals surface area contributed by atoms with Crippen LogP contribution in [0.1, 0.15) is 36.2 Å². The predicted octanol–water partition coefficient (Wildman–Crippen LogP) is 2.20. The zero-order valence-corrected chi connectivity index (χ0v) is 11.1. The molecule has 0 spiro atoms. The van der Waals surface area contributed by atoms with Gasteiger partial charge in [-0.15, -0.1) is 0 Å². The van der Waals surface area contributed by atoms with Crippen molar-refractivity contribution >= 4 is 5.91 Å². The summed E-state index contributed by atoms with van der Waals surface area (Å²) in [5, 5.41) is 0. The van der Waals surface area contributed by atoms with Crippen LogP contribution >= 0.6 is 0 Å². The maximum atomic E-state index is 13.6. The number of nitrogens with two attached hydrogens (primary N) is 1. The largest absolute Gasteiger partial charge is 0.366 e. The van der Waals surface area contributed by atoms with Crippen molar-refractivity contribution in [3.63, 3.8) is 0 Å². The minimum atomic E-state index is -0.514. The van der Waals surface area contributed by atoms with Crippen molar-refractivity contribution in [3.8, 4) is 0 Å². The Morgan fingerprint density at radius 1 is 1.33 bits per heavy atom. The molecule has 4 heteroatoms. The molecule has 0 aliphatic rings. The molecule has 0 aliphatic carbocycles. The molecule has 100 valence electrons. The molecule has 2 N–H and O–H groups in total. The van der Waals surface area contributed by atoms with Gasteiger partial charge in [-0.3, -0.25) is 4.79 Å². The van der Waals surface area contributed by atoms with Gasteiger partial charge in [0, 0.05) is 5.56 Å². The third kappa shape index (κ3) is 4.11. The highest BCUT2D eigenvalue weighted by atomic mass is 19.1. The first-order chi connectivity index (χ1) is 8.58. The Labute approximate surface area is 108 Å². The van der Waals surface area contributed by atoms with Crippen molar-refractivity contribution in [2.75, 3.05) is 19.6 Å². The van der Waals surface area contributed by atoms with E-state index in [1.54, 1.807) is 6.07 Å². The summed E-state index contributed by atoms with van der Waals surface area (Å²) < 4.78 is 13.6. The highest BCUT2D eigenvalue weighted by Crippen LogP contribution is 2.12. The molecule has 18 heavy (non-hydrogen) atoms. The standard InChI is InChI=1S/C14H21FN2O/c1-3-17(4-2)9-5-6-11-10-12(14(16)18)7-8-13(11)15/h7-8,10H,3-6,9H2,1-2H3,(H2,16,18). The van der Waals surface area contributed by atoms with Crippen LogP contribution in [0.4, 0.5) is 4.39 Å². The van der Waals surface area contributed by atoms with Gasteiger partial charge in [0.2, 0.25) is 5.91 Å². The second-order valence-electron chi connectivity index (χ2n) is 4.30. The molecule has 0 aliphatic heterocycles. The molecule has 0 atom stereocenters. The third-order valence-electron chi connectivity index (χ3n) is 3.15. The lowest BCUT2D eigenvalue weighted by Crippen LogP contribution is -2.24. The van der Waals surface area contributed by atoms with Gasteiger partial charge >= 0.3 is 0 Å². The van der Waals surface area contributed by atoms with Gasteiger partial charge < -0.3 is 10.6 Å². The SMILES string of the molecule is CCN(CC)CCCc1cc(C(N)=O)ccc1F. The highest BCUT2D eigenvalue weighted by molar-refractivity contribution is 5.92. The summed E-state index contributed by atoms with van der Waals surface area (Å²) in [6, 6.07) is 4.29. The number of carbonyl (C=O) groups excluding carboxylic acids is 1. The second kappa shape index (κ2) is 7.11. The first kappa shape index (κ1) is 14.6. The van der Waals surface area contributed by atoms with Crippen LogP contribution in [0.5, 0.6) is 0 Å². The van der Waals surface area contributed by atoms with E-state index in [0.717, 1.165) is 26.1 Å². The molecule has 0 bridgehead atoms. The summed E-state index contributed by atoms with van der Waals surface area (Å²) in [6.45, 7) is 7.16. The van der Waals surface area contributed by atoms with E-state index < -0.39 is 5.91 Å². The molecular formula is C14H21FN2O. The average molecular weight is 252 g/mol. The third-order valence-corrected chi connectivity index (χ3v) is 3.15. The predicted molar refractivity (Wildman–Crippen MR) is 71.0 cm³/mol. The molecule has 0 radical (unpaired) electrons. The lowest BCUT2D eigenvalue weighted by atomic mass is 10.1. The monoisotopic (exact) mass is 252 g/mol. The van der Waals surface area contributed by atoms with E-state index in [9.17, 15) is 9.18 Å². The van der Waals surface area contributed by atoms with Crippen LogP contribution in [0, 0.1) is 5.82 Å². The summed E-state index contributed by atoms with van der Waals surface area (Å²) in [5.41, 5.74) is 6.12. The fourth-order valence-electron chi connectivity index (χ4n) is 1.95. The van der Waals surface area contributed by atoms with Crippen LogP contribution in [0.3, 0.4) is 0 Å². The quantitative estimate of drug-likeness (QED) is 0.808. The Hall–Kier alpha value is -1.42. The van der Waals surface area contributed by atoms with Gasteiger partial charge in [-0.25, -0.2) is 4.39 Å². The molecule has 0 saturated carbocycles. The smallest absolute Gasteiger partial charge is 0.248 e. The van der Waals surface area contributed by atoms with Crippen LogP contribution < -0.4 is 5.73 Å². The van der Waals surface area contributed by atoms with Crippen molar-refractivity contribution in [2.24, 2.45) is 5.73 Å². The van der Waals surface area contributed by atoms with Crippen LogP contribution in [0.2, 0.25) is 0 Å². The molecule has 0 unspecified atom stereocenters. The van der Waals surface area contributed by atoms with E-state index in [1.165, 1.54) is 12.1 Å². The van der Waals surface area contributed by atoms with Crippen LogP contribution in [0.15, 0.2) is 18.2 Å². The number of nitrogens with zero attached hydrogens (tertiary/aromatic N) is 1. The van der Waals surface area contributed by atoms with E-state index in [-0.39, 0.29) is 5.82 Å². The molecular weight excluding hydrogens is 231 g/mol. The van der Waals surface area contributed by atoms with E-state index in [1.807, 2.05) is 0 Å². The minimum absolute atomic E-state index is 0.264. The minimum Gasteiger partial charge on any atom is -0.366 e. The first-order valence-corrected chi connectivity index (χ1v) is 6.39. The number of amides is 1. The number of benzene rings is 1. The molecule has 1 aromatic carbocycles. The van der Waals surface area contributed by atoms with Gasteiger partial charge in [0.25, 0.3) is 0 Å². The number of aryl methyl sites for hydroxylation is 1. The van der Waals surface area contributed by atoms with Gasteiger partial charge in [0.1, 0.15) is 5.82 Å². The molecule has 0 saturated heterocycles. The molecule has 0 aromatic heterocycles. The summed E-state index contributed by atoms with van der Waals surface area (Å²) in [5.74, 6) is -0.778. The number of carbonyl (C=O) groups is 1. The normalized spacial score (nSPS) is 10.9. The Bertz CT molecular complexity index is 403. The lowest BCUT2D eigenvalue weighted by molar-refractivity contribution is 0.1000. The highest BCUT2D eigenvalue weighted by Gasteiger charge is 2.07. The van der Waals surface area contributed by atoms with E-state index in [4.69, 9.17) is 5.73 Å². The van der Waals surface area contributed by atoms with Gasteiger partial charge in [-0.2, -0.15) is 0 Å². The number of rotatable bonds is 7. The summed E-state index contributed by atoms with van der Waals surface area (Å²) >= 11 is 0. The van der Waals surface area contributed by atoms with E-state index >= 15 is 0 Å². The summed E-state index contributed by atoms with van der Waals surface area (Å²) in [7, 11) is 0. The average Bonchev–Trinajstić information content (AvgIpc) is 2.36. The van der Waals surface area contributed by atoms with Crippen molar-refractivity contribution in [1.82, 2.24) is 4.90 Å². The lowest BCUT2D eigenvalue weighted by Gasteiger charge is -2.17. The van der Waals surface area contributed by atoms with Gasteiger partial charge in [0.15, 0.2) is 0 Å². The molecule has 0 fully saturated rings. The van der Waals surface area contributed by atoms with Crippen LogP contribution in [-0.2, 0) is 6.42 Å². The van der Waals surface area contributed by atoms with Crippen molar-refractivity contribution < 1.29 is 9.18 Å². The van der Waals surface area contributed by atoms with E-state index in [0.29, 0.717) is 17.5 Å². The zero-order valence-electron chi connectivity index (χ0n) is 11.1. The Morgan fingerprint density at radius 2 is 2.00 bits per heavy atom. The summed E-state index contributed by atoms with van der Waals surface area (Å²) in [6.07, 6.45) is 1.50.